The Morgan fingerprint density at radius 3 is 2.04 bits per heavy atom. The number of aliphatic hydroxyl groups excluding tert-OH is 1. The molecule has 0 heterocycles. The molecular weight excluding hydrogens is 696 g/mol. The number of hydrogen-bond donors (Lipinski definition) is 4. The second kappa shape index (κ2) is 18.9. The number of benzene rings is 3. The van der Waals surface area contributed by atoms with Gasteiger partial charge in [-0.3, -0.25) is 4.79 Å². The number of aliphatic hydroxyl groups is 1. The molecule has 0 spiro atoms. The number of nitrogens with two attached hydrogens (primary N) is 1. The Labute approximate surface area is 293 Å². The number of alkyl carbamates (subject to hydrolysis) is 1. The average Bonchev–Trinajstić information content (AvgIpc) is 3.08. The molecule has 0 aliphatic rings. The second-order valence-electron chi connectivity index (χ2n) is 12.3. The molecular formula is C36H49BrN4O6S. The largest absolute Gasteiger partial charge is 0.453 e. The van der Waals surface area contributed by atoms with Crippen molar-refractivity contribution in [3.63, 3.8) is 0 Å². The van der Waals surface area contributed by atoms with Gasteiger partial charge in [0, 0.05) is 34.7 Å². The molecule has 10 nitrogen and oxygen atoms in total. The van der Waals surface area contributed by atoms with Crippen molar-refractivity contribution in [2.75, 3.05) is 26.0 Å². The van der Waals surface area contributed by atoms with Crippen LogP contribution >= 0.6 is 15.9 Å². The molecule has 3 aromatic carbocycles. The number of amides is 2. The Balaban J connectivity index is 1.80. The van der Waals surface area contributed by atoms with Gasteiger partial charge in [-0.05, 0) is 83.3 Å². The minimum Gasteiger partial charge on any atom is -0.453 e. The van der Waals surface area contributed by atoms with Crippen LogP contribution < -0.4 is 16.4 Å². The van der Waals surface area contributed by atoms with Gasteiger partial charge in [-0.1, -0.05) is 81.4 Å². The summed E-state index contributed by atoms with van der Waals surface area (Å²) in [6, 6.07) is 21.6. The molecule has 0 bridgehead atoms. The number of anilines is 1. The average molecular weight is 746 g/mol. The molecule has 0 radical (unpaired) electrons. The van der Waals surface area contributed by atoms with Crippen molar-refractivity contribution >= 4 is 43.6 Å². The Hall–Kier alpha value is -3.45. The van der Waals surface area contributed by atoms with Crippen LogP contribution in [0.2, 0.25) is 0 Å². The SMILES string of the molecule is CC[C@@H](CCC[C@@H](CO)N(CCC(C)C)S(=O)(=O)c1ccc(N)c(Br)c1)NC(=O)[C@@H](NC(=O)OC)C(c1ccccc1)c1ccccc1. The molecule has 0 saturated heterocycles. The third-order valence-electron chi connectivity index (χ3n) is 8.44. The van der Waals surface area contributed by atoms with Crippen LogP contribution in [0.25, 0.3) is 0 Å². The number of hydrogen-bond acceptors (Lipinski definition) is 7. The summed E-state index contributed by atoms with van der Waals surface area (Å²) in [5.41, 5.74) is 8.05. The fourth-order valence-corrected chi connectivity index (χ4v) is 7.89. The van der Waals surface area contributed by atoms with E-state index in [2.05, 4.69) is 26.6 Å². The molecule has 48 heavy (non-hydrogen) atoms. The fraction of sp³-hybridized carbons (Fsp3) is 0.444. The molecule has 3 aromatic rings. The first-order chi connectivity index (χ1) is 22.9. The fourth-order valence-electron chi connectivity index (χ4n) is 5.67. The van der Waals surface area contributed by atoms with Gasteiger partial charge >= 0.3 is 6.09 Å². The summed E-state index contributed by atoms with van der Waals surface area (Å²) in [4.78, 5) is 26.6. The van der Waals surface area contributed by atoms with Crippen LogP contribution in [0.15, 0.2) is 88.2 Å². The van der Waals surface area contributed by atoms with Gasteiger partial charge in [-0.25, -0.2) is 13.2 Å². The molecule has 0 aromatic heterocycles. The number of methoxy groups -OCH3 is 1. The number of halogens is 1. The number of carbonyl (C=O) groups excluding carboxylic acids is 2. The minimum atomic E-state index is -3.94. The van der Waals surface area contributed by atoms with Gasteiger partial charge in [-0.2, -0.15) is 4.31 Å². The van der Waals surface area contributed by atoms with Gasteiger partial charge in [-0.15, -0.1) is 0 Å². The predicted octanol–water partition coefficient (Wildman–Crippen LogP) is 6.05. The molecule has 0 unspecified atom stereocenters. The van der Waals surface area contributed by atoms with Crippen LogP contribution in [0.4, 0.5) is 10.5 Å². The molecule has 262 valence electrons. The number of nitrogen functional groups attached to an aromatic ring is 1. The smallest absolute Gasteiger partial charge is 0.407 e. The van der Waals surface area contributed by atoms with Gasteiger partial charge in [0.15, 0.2) is 0 Å². The molecule has 3 atom stereocenters. The quantitative estimate of drug-likeness (QED) is 0.116. The normalized spacial score (nSPS) is 13.7. The maximum atomic E-state index is 14.0. The van der Waals surface area contributed by atoms with Crippen molar-refractivity contribution in [2.45, 2.75) is 81.8 Å². The Morgan fingerprint density at radius 1 is 0.938 bits per heavy atom. The molecule has 0 aliphatic carbocycles. The van der Waals surface area contributed by atoms with Crippen molar-refractivity contribution in [3.8, 4) is 0 Å². The van der Waals surface area contributed by atoms with E-state index in [0.29, 0.717) is 42.3 Å². The number of nitrogens with one attached hydrogen (secondary N) is 2. The maximum Gasteiger partial charge on any atom is 0.407 e. The minimum absolute atomic E-state index is 0.0972. The zero-order valence-electron chi connectivity index (χ0n) is 28.1. The van der Waals surface area contributed by atoms with Crippen molar-refractivity contribution in [1.82, 2.24) is 14.9 Å². The number of ether oxygens (including phenoxy) is 1. The van der Waals surface area contributed by atoms with Crippen molar-refractivity contribution in [2.24, 2.45) is 5.92 Å². The highest BCUT2D eigenvalue weighted by Crippen LogP contribution is 2.30. The first kappa shape index (κ1) is 39.0. The molecule has 5 N–H and O–H groups in total. The molecule has 0 fully saturated rings. The van der Waals surface area contributed by atoms with Gasteiger partial charge in [0.2, 0.25) is 15.9 Å². The van der Waals surface area contributed by atoms with Crippen LogP contribution in [0, 0.1) is 5.92 Å². The van der Waals surface area contributed by atoms with E-state index in [0.717, 1.165) is 11.1 Å². The topological polar surface area (TPSA) is 151 Å². The third-order valence-corrected chi connectivity index (χ3v) is 11.1. The zero-order valence-corrected chi connectivity index (χ0v) is 30.5. The summed E-state index contributed by atoms with van der Waals surface area (Å²) in [6.45, 7) is 5.91. The van der Waals surface area contributed by atoms with Crippen molar-refractivity contribution in [1.29, 1.82) is 0 Å². The van der Waals surface area contributed by atoms with E-state index < -0.39 is 34.1 Å². The zero-order chi connectivity index (χ0) is 35.3. The maximum absolute atomic E-state index is 14.0. The Morgan fingerprint density at radius 2 is 1.54 bits per heavy atom. The van der Waals surface area contributed by atoms with Gasteiger partial charge in [0.05, 0.1) is 18.6 Å². The Bertz CT molecular complexity index is 1520. The summed E-state index contributed by atoms with van der Waals surface area (Å²) in [5.74, 6) is -0.600. The number of sulfonamides is 1. The van der Waals surface area contributed by atoms with Crippen molar-refractivity contribution in [3.05, 3.63) is 94.5 Å². The van der Waals surface area contributed by atoms with E-state index in [1.807, 2.05) is 81.4 Å². The number of carbonyl (C=O) groups is 2. The van der Waals surface area contributed by atoms with Crippen LogP contribution in [-0.2, 0) is 19.6 Å². The monoisotopic (exact) mass is 744 g/mol. The molecule has 12 heteroatoms. The lowest BCUT2D eigenvalue weighted by atomic mass is 9.84. The van der Waals surface area contributed by atoms with E-state index in [1.54, 1.807) is 6.07 Å². The van der Waals surface area contributed by atoms with Gasteiger partial charge in [0.1, 0.15) is 6.04 Å². The summed E-state index contributed by atoms with van der Waals surface area (Å²) in [6.07, 6.45) is 1.97. The van der Waals surface area contributed by atoms with Crippen LogP contribution in [0.3, 0.4) is 0 Å². The molecule has 0 saturated carbocycles. The van der Waals surface area contributed by atoms with Crippen LogP contribution in [-0.4, -0.2) is 68.2 Å². The highest BCUT2D eigenvalue weighted by Gasteiger charge is 2.34. The summed E-state index contributed by atoms with van der Waals surface area (Å²) < 4.78 is 34.5. The lowest BCUT2D eigenvalue weighted by Crippen LogP contribution is -2.52. The van der Waals surface area contributed by atoms with Crippen LogP contribution in [0.5, 0.6) is 0 Å². The predicted molar refractivity (Wildman–Crippen MR) is 193 cm³/mol. The standard InChI is InChI=1S/C36H49BrN4O6S/c1-5-28(17-12-18-29(24-42)41(22-21-25(2)3)48(45,46)30-19-20-32(38)31(37)23-30)39-35(43)34(40-36(44)47-4)33(26-13-8-6-9-14-26)27-15-10-7-11-16-27/h6-11,13-16,19-20,23,25,28-29,33-34,42H,5,12,17-18,21-22,24,38H2,1-4H3,(H,39,43)(H,40,44)/t28-,29-,34-/m0/s1. The lowest BCUT2D eigenvalue weighted by Gasteiger charge is -2.31. The highest BCUT2D eigenvalue weighted by molar-refractivity contribution is 9.10. The van der Waals surface area contributed by atoms with Crippen molar-refractivity contribution < 1.29 is 27.9 Å². The van der Waals surface area contributed by atoms with Crippen LogP contribution in [0.1, 0.15) is 69.9 Å². The second-order valence-corrected chi connectivity index (χ2v) is 15.0. The molecule has 2 amide bonds. The summed E-state index contributed by atoms with van der Waals surface area (Å²) >= 11 is 3.33. The number of rotatable bonds is 18. The van der Waals surface area contributed by atoms with E-state index in [4.69, 9.17) is 10.5 Å². The molecule has 0 aliphatic heterocycles. The summed E-state index contributed by atoms with van der Waals surface area (Å²) in [7, 11) is -2.69. The number of nitrogens with zero attached hydrogens (tertiary/aromatic N) is 1. The first-order valence-corrected chi connectivity index (χ1v) is 18.6. The molecule has 3 rings (SSSR count). The highest BCUT2D eigenvalue weighted by atomic mass is 79.9. The lowest BCUT2D eigenvalue weighted by molar-refractivity contribution is -0.124. The van der Waals surface area contributed by atoms with E-state index in [-0.39, 0.29) is 35.9 Å². The van der Waals surface area contributed by atoms with Gasteiger partial charge in [0.25, 0.3) is 0 Å². The summed E-state index contributed by atoms with van der Waals surface area (Å²) in [5, 5.41) is 16.3. The van der Waals surface area contributed by atoms with E-state index >= 15 is 0 Å². The Kier molecular flexibility index (Phi) is 15.4. The third kappa shape index (κ3) is 10.8. The van der Waals surface area contributed by atoms with Gasteiger partial charge < -0.3 is 26.2 Å². The van der Waals surface area contributed by atoms with E-state index in [9.17, 15) is 23.1 Å². The first-order valence-electron chi connectivity index (χ1n) is 16.3. The van der Waals surface area contributed by atoms with E-state index in [1.165, 1.54) is 23.5 Å².